The molecule has 4 aromatic rings. The first kappa shape index (κ1) is 28.3. The van der Waals surface area contributed by atoms with Crippen LogP contribution >= 0.6 is 11.8 Å². The normalized spacial score (nSPS) is 13.7. The average molecular weight is 543 g/mol. The lowest BCUT2D eigenvalue weighted by Crippen LogP contribution is -2.49. The van der Waals surface area contributed by atoms with Crippen molar-refractivity contribution in [2.24, 2.45) is 0 Å². The van der Waals surface area contributed by atoms with E-state index in [1.807, 2.05) is 30.0 Å². The molecule has 0 aliphatic heterocycles. The summed E-state index contributed by atoms with van der Waals surface area (Å²) in [6.07, 6.45) is -0.165. The molecule has 0 radical (unpaired) electrons. The Morgan fingerprint density at radius 2 is 1.08 bits per heavy atom. The van der Waals surface area contributed by atoms with Gasteiger partial charge in [0, 0.05) is 16.9 Å². The number of thioether (sulfide) groups is 1. The van der Waals surface area contributed by atoms with Gasteiger partial charge in [-0.2, -0.15) is 0 Å². The molecule has 0 N–H and O–H groups in total. The third kappa shape index (κ3) is 6.85. The second-order valence-corrected chi connectivity index (χ2v) is 17.4. The standard InChI is InChI=1S/C33H38O3SSi/c1-34-26-35-31(32(38(2,3)4)37-30-23-15-8-16-24-30)25-36-33(27-17-9-5-10-18-27,28-19-11-6-12-20-28)29-21-13-7-14-22-29/h5-24,31-32H,25-26H2,1-4H3/t31-,32+/m0/s1. The highest BCUT2D eigenvalue weighted by Gasteiger charge is 2.41. The van der Waals surface area contributed by atoms with Crippen molar-refractivity contribution in [1.29, 1.82) is 0 Å². The second-order valence-electron chi connectivity index (χ2n) is 10.4. The van der Waals surface area contributed by atoms with E-state index in [1.165, 1.54) is 4.90 Å². The van der Waals surface area contributed by atoms with Crippen LogP contribution < -0.4 is 0 Å². The summed E-state index contributed by atoms with van der Waals surface area (Å²) in [5.41, 5.74) is 2.47. The molecule has 0 saturated heterocycles. The Morgan fingerprint density at radius 3 is 1.47 bits per heavy atom. The van der Waals surface area contributed by atoms with Crippen molar-refractivity contribution in [3.8, 4) is 0 Å². The van der Waals surface area contributed by atoms with Gasteiger partial charge >= 0.3 is 0 Å². The predicted octanol–water partition coefficient (Wildman–Crippen LogP) is 8.02. The van der Waals surface area contributed by atoms with Crippen LogP contribution in [0.5, 0.6) is 0 Å². The monoisotopic (exact) mass is 542 g/mol. The lowest BCUT2D eigenvalue weighted by atomic mass is 9.80. The first-order valence-corrected chi connectivity index (χ1v) is 17.5. The van der Waals surface area contributed by atoms with E-state index in [1.54, 1.807) is 7.11 Å². The SMILES string of the molecule is COCO[C@@H](COC(c1ccccc1)(c1ccccc1)c1ccccc1)[C@H](Sc1ccccc1)[Si](C)(C)C. The molecule has 4 aromatic carbocycles. The third-order valence-corrected chi connectivity index (χ3v) is 12.3. The Bertz CT molecular complexity index is 1120. The van der Waals surface area contributed by atoms with Gasteiger partial charge in [-0.1, -0.05) is 129 Å². The minimum absolute atomic E-state index is 0.165. The van der Waals surface area contributed by atoms with Gasteiger partial charge in [-0.25, -0.2) is 0 Å². The number of hydrogen-bond donors (Lipinski definition) is 0. The van der Waals surface area contributed by atoms with E-state index in [2.05, 4.69) is 123 Å². The average Bonchev–Trinajstić information content (AvgIpc) is 2.95. The number of hydrogen-bond acceptors (Lipinski definition) is 4. The molecule has 3 nitrogen and oxygen atoms in total. The van der Waals surface area contributed by atoms with Crippen molar-refractivity contribution < 1.29 is 14.2 Å². The summed E-state index contributed by atoms with van der Waals surface area (Å²) in [6, 6.07) is 42.1. The molecule has 4 rings (SSSR count). The van der Waals surface area contributed by atoms with Crippen LogP contribution in [-0.4, -0.2) is 39.6 Å². The summed E-state index contributed by atoms with van der Waals surface area (Å²) in [5.74, 6) is 0. The summed E-state index contributed by atoms with van der Waals surface area (Å²) in [7, 11) is -0.0397. The molecule has 0 aliphatic carbocycles. The van der Waals surface area contributed by atoms with Crippen molar-refractivity contribution in [3.05, 3.63) is 138 Å². The van der Waals surface area contributed by atoms with Crippen LogP contribution in [0.4, 0.5) is 0 Å². The topological polar surface area (TPSA) is 27.7 Å². The lowest BCUT2D eigenvalue weighted by molar-refractivity contribution is -0.111. The Kier molecular flexibility index (Phi) is 10.00. The zero-order valence-corrected chi connectivity index (χ0v) is 24.6. The fourth-order valence-electron chi connectivity index (χ4n) is 4.81. The van der Waals surface area contributed by atoms with E-state index >= 15 is 0 Å². The van der Waals surface area contributed by atoms with Crippen molar-refractivity contribution in [2.75, 3.05) is 20.5 Å². The lowest BCUT2D eigenvalue weighted by Gasteiger charge is -2.40. The van der Waals surface area contributed by atoms with Gasteiger partial charge < -0.3 is 14.2 Å². The van der Waals surface area contributed by atoms with Crippen LogP contribution in [0.15, 0.2) is 126 Å². The van der Waals surface area contributed by atoms with Gasteiger partial charge in [-0.3, -0.25) is 0 Å². The molecule has 0 fully saturated rings. The molecule has 2 atom stereocenters. The summed E-state index contributed by atoms with van der Waals surface area (Å²) in [5, 5.41) is 0. The molecule has 198 valence electrons. The van der Waals surface area contributed by atoms with E-state index in [0.29, 0.717) is 6.61 Å². The Balaban J connectivity index is 1.78. The van der Waals surface area contributed by atoms with E-state index in [0.717, 1.165) is 16.7 Å². The highest BCUT2D eigenvalue weighted by molar-refractivity contribution is 8.01. The highest BCUT2D eigenvalue weighted by atomic mass is 32.2. The maximum Gasteiger partial charge on any atom is 0.146 e. The summed E-state index contributed by atoms with van der Waals surface area (Å²) in [6.45, 7) is 7.83. The van der Waals surface area contributed by atoms with Gasteiger partial charge in [0.25, 0.3) is 0 Å². The van der Waals surface area contributed by atoms with E-state index in [4.69, 9.17) is 14.2 Å². The summed E-state index contributed by atoms with van der Waals surface area (Å²) in [4.78, 5) is 1.49. The van der Waals surface area contributed by atoms with Gasteiger partial charge in [0.05, 0.1) is 20.8 Å². The van der Waals surface area contributed by atoms with E-state index in [-0.39, 0.29) is 17.8 Å². The Hall–Kier alpha value is -2.67. The number of methoxy groups -OCH3 is 1. The van der Waals surface area contributed by atoms with Crippen LogP contribution in [0.1, 0.15) is 16.7 Å². The molecule has 0 bridgehead atoms. The second kappa shape index (κ2) is 13.4. The summed E-state index contributed by atoms with van der Waals surface area (Å²) < 4.78 is 19.0. The number of rotatable bonds is 13. The number of benzene rings is 4. The largest absolute Gasteiger partial charge is 0.359 e. The Labute approximate surface area is 233 Å². The van der Waals surface area contributed by atoms with Crippen molar-refractivity contribution >= 4 is 19.8 Å². The number of ether oxygens (including phenoxy) is 3. The predicted molar refractivity (Wildman–Crippen MR) is 161 cm³/mol. The quantitative estimate of drug-likeness (QED) is 0.0740. The molecule has 0 spiro atoms. The van der Waals surface area contributed by atoms with Crippen molar-refractivity contribution in [3.63, 3.8) is 0 Å². The fourth-order valence-corrected chi connectivity index (χ4v) is 8.86. The van der Waals surface area contributed by atoms with Crippen molar-refractivity contribution in [2.45, 2.75) is 41.1 Å². The van der Waals surface area contributed by atoms with Crippen LogP contribution in [0, 0.1) is 0 Å². The molecule has 0 amide bonds. The molecule has 0 saturated carbocycles. The van der Waals surface area contributed by atoms with Crippen LogP contribution in [0.25, 0.3) is 0 Å². The van der Waals surface area contributed by atoms with Crippen LogP contribution in [-0.2, 0) is 19.8 Å². The molecule has 0 aromatic heterocycles. The zero-order valence-electron chi connectivity index (χ0n) is 22.7. The first-order valence-electron chi connectivity index (χ1n) is 13.1. The highest BCUT2D eigenvalue weighted by Crippen LogP contribution is 2.42. The zero-order chi connectivity index (χ0) is 26.8. The van der Waals surface area contributed by atoms with Gasteiger partial charge in [-0.15, -0.1) is 11.8 Å². The van der Waals surface area contributed by atoms with Crippen molar-refractivity contribution in [1.82, 2.24) is 0 Å². The maximum atomic E-state index is 7.19. The van der Waals surface area contributed by atoms with Gasteiger partial charge in [0.1, 0.15) is 12.4 Å². The Morgan fingerprint density at radius 1 is 0.658 bits per heavy atom. The molecular weight excluding hydrogens is 505 g/mol. The van der Waals surface area contributed by atoms with Crippen LogP contribution in [0.2, 0.25) is 19.6 Å². The van der Waals surface area contributed by atoms with Gasteiger partial charge in [0.2, 0.25) is 0 Å². The fraction of sp³-hybridized carbons (Fsp3) is 0.273. The van der Waals surface area contributed by atoms with Gasteiger partial charge in [0.15, 0.2) is 0 Å². The first-order chi connectivity index (χ1) is 18.4. The van der Waals surface area contributed by atoms with Gasteiger partial charge in [-0.05, 0) is 28.8 Å². The molecule has 38 heavy (non-hydrogen) atoms. The molecule has 0 aliphatic rings. The molecule has 5 heteroatoms. The van der Waals surface area contributed by atoms with E-state index in [9.17, 15) is 0 Å². The minimum atomic E-state index is -1.71. The smallest absolute Gasteiger partial charge is 0.146 e. The molecular formula is C33H38O3SSi. The minimum Gasteiger partial charge on any atom is -0.359 e. The van der Waals surface area contributed by atoms with E-state index < -0.39 is 13.7 Å². The summed E-state index contributed by atoms with van der Waals surface area (Å²) >= 11 is 1.89. The maximum absolute atomic E-state index is 7.19. The van der Waals surface area contributed by atoms with Crippen LogP contribution in [0.3, 0.4) is 0 Å². The molecule has 0 unspecified atom stereocenters. The molecule has 0 heterocycles. The third-order valence-electron chi connectivity index (χ3n) is 6.60.